The summed E-state index contributed by atoms with van der Waals surface area (Å²) in [5.74, 6) is -0.722. The zero-order valence-corrected chi connectivity index (χ0v) is 52.9. The summed E-state index contributed by atoms with van der Waals surface area (Å²) >= 11 is 0. The Balaban J connectivity index is 1.33. The first kappa shape index (κ1) is 72.3. The maximum Gasteiger partial charge on any atom is 0.410 e. The van der Waals surface area contributed by atoms with Crippen LogP contribution in [-0.4, -0.2) is 212 Å². The number of nitrogens with one attached hydrogen (secondary N) is 5. The van der Waals surface area contributed by atoms with Gasteiger partial charge in [-0.15, -0.1) is 0 Å². The van der Waals surface area contributed by atoms with Crippen LogP contribution in [0.3, 0.4) is 0 Å². The number of benzene rings is 2. The topological polar surface area (TPSA) is 419 Å². The standard InChI is InChI=1S/C59H87N9O23/c1-56(2,3)89-51(73)61-29-42(69)48(72)62-40-26-41(64-53(75)84-31-35-14-18-37(19-15-35)68(81)82)46(43(70)45(40)88-50-44(71)47(59(10,78)32-85-50)65(11)54(76)90-57(4,5)6)87-49-39(63-52(74)83-30-34-12-16-36(17-13-34)67(79)80)21-20-38(86-49)28-60-27-33-22-24-66(25-23-33)55(77)91-58(7,8)9/h12-20,33,39-47,49-50,60,69-71,78H,21-32H2,1-11H3,(H,61,73)(H,62,72)(H,63,74)(H,64,75)/t39-,40-,41+,42-,43-,44-,45+,46-,47-,49-,50-,59+/m1/s1. The molecule has 9 N–H and O–H groups in total. The van der Waals surface area contributed by atoms with Gasteiger partial charge in [0, 0.05) is 44.4 Å². The maximum absolute atomic E-state index is 14.0. The Morgan fingerprint density at radius 2 is 1.23 bits per heavy atom. The van der Waals surface area contributed by atoms with E-state index in [1.807, 2.05) is 0 Å². The molecule has 3 fully saturated rings. The molecule has 0 spiro atoms. The van der Waals surface area contributed by atoms with Crippen LogP contribution in [0.25, 0.3) is 0 Å². The highest BCUT2D eigenvalue weighted by Crippen LogP contribution is 2.35. The largest absolute Gasteiger partial charge is 0.466 e. The predicted molar refractivity (Wildman–Crippen MR) is 318 cm³/mol. The number of carbonyl (C=O) groups excluding carboxylic acids is 6. The van der Waals surface area contributed by atoms with E-state index in [0.717, 1.165) is 4.90 Å². The Labute approximate surface area is 526 Å². The van der Waals surface area contributed by atoms with Crippen molar-refractivity contribution < 1.29 is 102 Å². The molecule has 0 aromatic heterocycles. The monoisotopic (exact) mass is 1290 g/mol. The average Bonchev–Trinajstić information content (AvgIpc) is 0.780. The van der Waals surface area contributed by atoms with Gasteiger partial charge >= 0.3 is 30.5 Å². The number of likely N-dealkylation sites (N-methyl/N-ethyl adjacent to an activating group) is 1. The number of piperidine rings is 1. The molecule has 0 radical (unpaired) electrons. The lowest BCUT2D eigenvalue weighted by Gasteiger charge is -2.50. The Bertz CT molecular complexity index is 2870. The number of nitrogens with zero attached hydrogens (tertiary/aromatic N) is 4. The molecule has 2 aromatic rings. The molecular weight excluding hydrogens is 1200 g/mol. The molecule has 506 valence electrons. The molecular formula is C59H87N9O23. The van der Waals surface area contributed by atoms with Gasteiger partial charge in [-0.05, 0) is 149 Å². The lowest BCUT2D eigenvalue weighted by molar-refractivity contribution is -0.385. The van der Waals surface area contributed by atoms with Crippen molar-refractivity contribution in [2.45, 2.75) is 198 Å². The van der Waals surface area contributed by atoms with Gasteiger partial charge in [-0.1, -0.05) is 0 Å². The van der Waals surface area contributed by atoms with Crippen molar-refractivity contribution >= 4 is 47.7 Å². The first-order chi connectivity index (χ1) is 42.4. The third-order valence-electron chi connectivity index (χ3n) is 14.7. The van der Waals surface area contributed by atoms with Gasteiger partial charge in [0.25, 0.3) is 17.3 Å². The van der Waals surface area contributed by atoms with Crippen LogP contribution in [0, 0.1) is 26.1 Å². The van der Waals surface area contributed by atoms with Gasteiger partial charge in [0.2, 0.25) is 6.29 Å². The van der Waals surface area contributed by atoms with E-state index in [9.17, 15) is 69.4 Å². The molecule has 1 saturated carbocycles. The molecule has 91 heavy (non-hydrogen) atoms. The van der Waals surface area contributed by atoms with Crippen molar-refractivity contribution in [1.29, 1.82) is 0 Å². The van der Waals surface area contributed by atoms with E-state index in [1.165, 1.54) is 62.5 Å². The van der Waals surface area contributed by atoms with E-state index in [4.69, 9.17) is 42.6 Å². The van der Waals surface area contributed by atoms with E-state index in [-0.39, 0.29) is 36.9 Å². The highest BCUT2D eigenvalue weighted by Gasteiger charge is 2.55. The van der Waals surface area contributed by atoms with Gasteiger partial charge < -0.3 is 99.4 Å². The third-order valence-corrected chi connectivity index (χ3v) is 14.7. The minimum absolute atomic E-state index is 0.0107. The number of amides is 6. The van der Waals surface area contributed by atoms with Crippen molar-refractivity contribution in [2.24, 2.45) is 5.92 Å². The average molecular weight is 1290 g/mol. The van der Waals surface area contributed by atoms with Gasteiger partial charge in [-0.25, -0.2) is 24.0 Å². The highest BCUT2D eigenvalue weighted by atomic mass is 16.7. The van der Waals surface area contributed by atoms with Crippen LogP contribution in [0.5, 0.6) is 0 Å². The molecule has 2 aromatic carbocycles. The molecule has 1 aliphatic carbocycles. The number of alkyl carbamates (subject to hydrolysis) is 3. The van der Waals surface area contributed by atoms with E-state index >= 15 is 0 Å². The molecule has 12 atom stereocenters. The summed E-state index contributed by atoms with van der Waals surface area (Å²) in [5, 5.41) is 84.1. The van der Waals surface area contributed by atoms with Crippen LogP contribution in [0.15, 0.2) is 60.4 Å². The van der Waals surface area contributed by atoms with E-state index < -0.39 is 162 Å². The molecule has 0 unspecified atom stereocenters. The van der Waals surface area contributed by atoms with Crippen LogP contribution < -0.4 is 26.6 Å². The number of hydrogen-bond acceptors (Lipinski definition) is 24. The summed E-state index contributed by atoms with van der Waals surface area (Å²) in [6, 6.07) is 4.71. The van der Waals surface area contributed by atoms with Crippen molar-refractivity contribution in [3.8, 4) is 0 Å². The number of nitro groups is 2. The van der Waals surface area contributed by atoms with Gasteiger partial charge in [0.1, 0.15) is 71.9 Å². The summed E-state index contributed by atoms with van der Waals surface area (Å²) in [6.45, 7) is 15.7. The molecule has 3 heterocycles. The fourth-order valence-corrected chi connectivity index (χ4v) is 10.3. The van der Waals surface area contributed by atoms with E-state index in [1.54, 1.807) is 73.3 Å². The molecule has 32 heteroatoms. The second-order valence-corrected chi connectivity index (χ2v) is 25.9. The summed E-state index contributed by atoms with van der Waals surface area (Å²) in [7, 11) is 1.26. The number of likely N-dealkylation sites (tertiary alicyclic amines) is 1. The second kappa shape index (κ2) is 31.1. The van der Waals surface area contributed by atoms with Gasteiger partial charge in [-0.3, -0.25) is 25.0 Å². The van der Waals surface area contributed by atoms with Gasteiger partial charge in [0.15, 0.2) is 6.29 Å². The van der Waals surface area contributed by atoms with Crippen LogP contribution in [0.1, 0.15) is 106 Å². The van der Waals surface area contributed by atoms with Crippen LogP contribution in [0.4, 0.5) is 35.3 Å². The van der Waals surface area contributed by atoms with Crippen molar-refractivity contribution in [1.82, 2.24) is 36.4 Å². The van der Waals surface area contributed by atoms with Crippen LogP contribution in [-0.2, 0) is 60.6 Å². The molecule has 3 aliphatic heterocycles. The number of nitro benzene ring substituents is 2. The second-order valence-electron chi connectivity index (χ2n) is 25.9. The zero-order valence-electron chi connectivity index (χ0n) is 52.9. The predicted octanol–water partition coefficient (Wildman–Crippen LogP) is 3.87. The zero-order chi connectivity index (χ0) is 67.3. The number of rotatable bonds is 21. The Morgan fingerprint density at radius 3 is 1.75 bits per heavy atom. The normalized spacial score (nSPS) is 25.8. The van der Waals surface area contributed by atoms with E-state index in [0.29, 0.717) is 49.4 Å². The number of aliphatic hydroxyl groups excluding tert-OH is 3. The molecule has 0 bridgehead atoms. The minimum Gasteiger partial charge on any atom is -0.466 e. The Morgan fingerprint density at radius 1 is 0.725 bits per heavy atom. The first-order valence-electron chi connectivity index (χ1n) is 29.8. The molecule has 6 rings (SSSR count). The molecule has 6 amide bonds. The number of aliphatic hydroxyl groups is 4. The number of non-ortho nitro benzene ring substituents is 2. The van der Waals surface area contributed by atoms with E-state index in [2.05, 4.69) is 26.6 Å². The fraction of sp³-hybridized carbons (Fsp3) is 0.661. The van der Waals surface area contributed by atoms with Gasteiger partial charge in [0.05, 0.1) is 53.7 Å². The van der Waals surface area contributed by atoms with Crippen LogP contribution >= 0.6 is 0 Å². The quantitative estimate of drug-likeness (QED) is 0.0486. The van der Waals surface area contributed by atoms with Crippen LogP contribution in [0.2, 0.25) is 0 Å². The fourth-order valence-electron chi connectivity index (χ4n) is 10.3. The summed E-state index contributed by atoms with van der Waals surface area (Å²) in [5.41, 5.74) is -4.31. The summed E-state index contributed by atoms with van der Waals surface area (Å²) in [4.78, 5) is 105. The lowest BCUT2D eigenvalue weighted by Crippen LogP contribution is -2.71. The SMILES string of the molecule is CN(C(=O)OC(C)(C)C)[C@@H]1[C@@H](O)[C@@H](O[C@@H]2[C@@H](O)[C@H](O[C@H]3OC(CNCC4CCN(C(=O)OC(C)(C)C)CC4)=CC[C@H]3NC(=O)OCc3ccc([N+](=O)[O-])cc3)[C@@H](NC(=O)OCc3ccc([N+](=O)[O-])cc3)C[C@H]2NC(=O)[C@H](O)CNC(=O)OC(C)(C)C)OC[C@]1(C)O. The number of ether oxygens (including phenoxy) is 9. The number of carbonyl (C=O) groups is 6. The maximum atomic E-state index is 14.0. The first-order valence-corrected chi connectivity index (χ1v) is 29.8. The van der Waals surface area contributed by atoms with Crippen molar-refractivity contribution in [3.05, 3.63) is 91.7 Å². The molecule has 4 aliphatic rings. The van der Waals surface area contributed by atoms with Crippen molar-refractivity contribution in [2.75, 3.05) is 46.4 Å². The molecule has 2 saturated heterocycles. The smallest absolute Gasteiger partial charge is 0.410 e. The minimum atomic E-state index is -2.08. The summed E-state index contributed by atoms with van der Waals surface area (Å²) in [6.07, 6.45) is -15.0. The van der Waals surface area contributed by atoms with Crippen molar-refractivity contribution in [3.63, 3.8) is 0 Å². The third kappa shape index (κ3) is 22.0. The van der Waals surface area contributed by atoms with Gasteiger partial charge in [-0.2, -0.15) is 0 Å². The Hall–Kier alpha value is -7.72. The lowest BCUT2D eigenvalue weighted by atomic mass is 9.82. The molecule has 32 nitrogen and oxygen atoms in total. The summed E-state index contributed by atoms with van der Waals surface area (Å²) < 4.78 is 52.9. The number of hydrogen-bond donors (Lipinski definition) is 9. The highest BCUT2D eigenvalue weighted by molar-refractivity contribution is 5.82. The Kier molecular flexibility index (Phi) is 24.7.